The first-order valence-corrected chi connectivity index (χ1v) is 6.58. The maximum atomic E-state index is 11.5. The molecule has 0 bridgehead atoms. The largest absolute Gasteiger partial charge is 0.478 e. The van der Waals surface area contributed by atoms with Crippen LogP contribution in [0.5, 0.6) is 0 Å². The van der Waals surface area contributed by atoms with E-state index in [0.29, 0.717) is 5.56 Å². The molecule has 0 spiro atoms. The van der Waals surface area contributed by atoms with E-state index >= 15 is 0 Å². The van der Waals surface area contributed by atoms with Crippen molar-refractivity contribution >= 4 is 22.4 Å². The van der Waals surface area contributed by atoms with Gasteiger partial charge in [0.2, 0.25) is 0 Å². The van der Waals surface area contributed by atoms with E-state index in [1.54, 1.807) is 0 Å². The number of hydrogen-bond acceptors (Lipinski definition) is 3. The summed E-state index contributed by atoms with van der Waals surface area (Å²) in [7, 11) is 0. The van der Waals surface area contributed by atoms with Gasteiger partial charge in [-0.3, -0.25) is 10.1 Å². The summed E-state index contributed by atoms with van der Waals surface area (Å²) >= 11 is 0. The summed E-state index contributed by atoms with van der Waals surface area (Å²) in [6.45, 7) is 0. The van der Waals surface area contributed by atoms with Crippen molar-refractivity contribution < 1.29 is 14.8 Å². The second-order valence-corrected chi connectivity index (χ2v) is 4.82. The number of aromatic carboxylic acids is 1. The molecule has 0 unspecified atom stereocenters. The highest BCUT2D eigenvalue weighted by Crippen LogP contribution is 2.32. The minimum absolute atomic E-state index is 0.0782. The fraction of sp³-hybridized carbons (Fsp3) is 0. The van der Waals surface area contributed by atoms with Crippen LogP contribution in [0.1, 0.15) is 10.4 Å². The molecule has 5 heteroatoms. The molecule has 0 aliphatic carbocycles. The Kier molecular flexibility index (Phi) is 3.31. The Morgan fingerprint density at radius 3 is 2.41 bits per heavy atom. The highest BCUT2D eigenvalue weighted by atomic mass is 16.6. The van der Waals surface area contributed by atoms with Crippen LogP contribution in [0.25, 0.3) is 21.9 Å². The van der Waals surface area contributed by atoms with Crippen LogP contribution < -0.4 is 0 Å². The predicted molar refractivity (Wildman–Crippen MR) is 83.0 cm³/mol. The normalized spacial score (nSPS) is 10.5. The Labute approximate surface area is 125 Å². The molecule has 0 heterocycles. The van der Waals surface area contributed by atoms with Crippen molar-refractivity contribution in [3.05, 3.63) is 76.3 Å². The molecule has 0 saturated carbocycles. The van der Waals surface area contributed by atoms with Crippen LogP contribution in [0.4, 0.5) is 5.69 Å². The van der Waals surface area contributed by atoms with E-state index in [-0.39, 0.29) is 11.3 Å². The number of benzene rings is 3. The molecule has 0 aliphatic rings. The van der Waals surface area contributed by atoms with Crippen molar-refractivity contribution in [2.24, 2.45) is 0 Å². The van der Waals surface area contributed by atoms with E-state index in [1.807, 2.05) is 42.5 Å². The van der Waals surface area contributed by atoms with E-state index in [9.17, 15) is 20.0 Å². The van der Waals surface area contributed by atoms with E-state index < -0.39 is 10.9 Å². The van der Waals surface area contributed by atoms with Crippen molar-refractivity contribution in [3.63, 3.8) is 0 Å². The topological polar surface area (TPSA) is 80.4 Å². The van der Waals surface area contributed by atoms with Crippen LogP contribution >= 0.6 is 0 Å². The van der Waals surface area contributed by atoms with Gasteiger partial charge in [0.05, 0.1) is 10.5 Å². The number of hydrogen-bond donors (Lipinski definition) is 1. The van der Waals surface area contributed by atoms with E-state index in [4.69, 9.17) is 0 Å². The summed E-state index contributed by atoms with van der Waals surface area (Å²) in [5, 5.41) is 22.1. The monoisotopic (exact) mass is 293 g/mol. The molecule has 0 amide bonds. The Hall–Kier alpha value is -3.21. The van der Waals surface area contributed by atoms with Crippen molar-refractivity contribution in [1.82, 2.24) is 0 Å². The van der Waals surface area contributed by atoms with Gasteiger partial charge in [-0.15, -0.1) is 0 Å². The zero-order chi connectivity index (χ0) is 15.7. The summed E-state index contributed by atoms with van der Waals surface area (Å²) < 4.78 is 0. The van der Waals surface area contributed by atoms with Crippen LogP contribution in [-0.4, -0.2) is 16.0 Å². The zero-order valence-corrected chi connectivity index (χ0v) is 11.4. The van der Waals surface area contributed by atoms with Gasteiger partial charge in [0.1, 0.15) is 0 Å². The van der Waals surface area contributed by atoms with E-state index in [0.717, 1.165) is 22.4 Å². The SMILES string of the molecule is O=C(O)c1cc([N+](=O)[O-])ccc1-c1cccc2ccccc12. The number of nitro benzene ring substituents is 1. The van der Waals surface area contributed by atoms with Gasteiger partial charge < -0.3 is 5.11 Å². The van der Waals surface area contributed by atoms with Gasteiger partial charge in [-0.1, -0.05) is 42.5 Å². The first-order chi connectivity index (χ1) is 10.6. The lowest BCUT2D eigenvalue weighted by Crippen LogP contribution is -2.01. The van der Waals surface area contributed by atoms with Crippen molar-refractivity contribution in [2.45, 2.75) is 0 Å². The van der Waals surface area contributed by atoms with Crippen molar-refractivity contribution in [1.29, 1.82) is 0 Å². The minimum Gasteiger partial charge on any atom is -0.478 e. The Morgan fingerprint density at radius 2 is 1.68 bits per heavy atom. The Bertz CT molecular complexity index is 897. The number of fused-ring (bicyclic) bond motifs is 1. The van der Waals surface area contributed by atoms with Crippen LogP contribution in [0.15, 0.2) is 60.7 Å². The predicted octanol–water partition coefficient (Wildman–Crippen LogP) is 4.11. The van der Waals surface area contributed by atoms with Gasteiger partial charge in [-0.05, 0) is 28.0 Å². The van der Waals surface area contributed by atoms with Gasteiger partial charge in [-0.25, -0.2) is 4.79 Å². The first-order valence-electron chi connectivity index (χ1n) is 6.58. The molecule has 3 aromatic rings. The molecule has 0 aromatic heterocycles. The highest BCUT2D eigenvalue weighted by molar-refractivity contribution is 6.04. The minimum atomic E-state index is -1.19. The van der Waals surface area contributed by atoms with Gasteiger partial charge in [0, 0.05) is 12.1 Å². The lowest BCUT2D eigenvalue weighted by Gasteiger charge is -2.09. The number of carboxylic acid groups (broad SMARTS) is 1. The highest BCUT2D eigenvalue weighted by Gasteiger charge is 2.18. The molecule has 3 rings (SSSR count). The van der Waals surface area contributed by atoms with E-state index in [2.05, 4.69) is 0 Å². The fourth-order valence-corrected chi connectivity index (χ4v) is 2.52. The summed E-state index contributed by atoms with van der Waals surface area (Å²) in [4.78, 5) is 21.7. The Balaban J connectivity index is 2.31. The average molecular weight is 293 g/mol. The third kappa shape index (κ3) is 2.29. The molecule has 0 radical (unpaired) electrons. The van der Waals surface area contributed by atoms with Gasteiger partial charge in [0.15, 0.2) is 0 Å². The molecular formula is C17H11NO4. The maximum absolute atomic E-state index is 11.5. The van der Waals surface area contributed by atoms with Crippen LogP contribution in [0, 0.1) is 10.1 Å². The maximum Gasteiger partial charge on any atom is 0.336 e. The molecule has 0 fully saturated rings. The number of rotatable bonds is 3. The fourth-order valence-electron chi connectivity index (χ4n) is 2.52. The molecule has 0 atom stereocenters. The standard InChI is InChI=1S/C17H11NO4/c19-17(20)16-10-12(18(21)22)8-9-15(16)14-7-3-5-11-4-1-2-6-13(11)14/h1-10H,(H,19,20). The number of nitro groups is 1. The van der Waals surface area contributed by atoms with Crippen molar-refractivity contribution in [2.75, 3.05) is 0 Å². The number of non-ortho nitro benzene ring substituents is 1. The number of carbonyl (C=O) groups is 1. The number of carboxylic acids is 1. The van der Waals surface area contributed by atoms with Crippen LogP contribution in [0.2, 0.25) is 0 Å². The molecule has 108 valence electrons. The quantitative estimate of drug-likeness (QED) is 0.582. The zero-order valence-electron chi connectivity index (χ0n) is 11.4. The summed E-state index contributed by atoms with van der Waals surface area (Å²) in [5.41, 5.74) is 0.896. The van der Waals surface area contributed by atoms with E-state index in [1.165, 1.54) is 12.1 Å². The van der Waals surface area contributed by atoms with Crippen LogP contribution in [0.3, 0.4) is 0 Å². The molecule has 0 saturated heterocycles. The molecule has 5 nitrogen and oxygen atoms in total. The molecule has 0 aliphatic heterocycles. The van der Waals surface area contributed by atoms with Crippen molar-refractivity contribution in [3.8, 4) is 11.1 Å². The summed E-state index contributed by atoms with van der Waals surface area (Å²) in [6.07, 6.45) is 0. The third-order valence-corrected chi connectivity index (χ3v) is 3.52. The molecule has 3 aromatic carbocycles. The first kappa shape index (κ1) is 13.8. The smallest absolute Gasteiger partial charge is 0.336 e. The third-order valence-electron chi connectivity index (χ3n) is 3.52. The van der Waals surface area contributed by atoms with Crippen LogP contribution in [-0.2, 0) is 0 Å². The second-order valence-electron chi connectivity index (χ2n) is 4.82. The summed E-state index contributed by atoms with van der Waals surface area (Å²) in [6, 6.07) is 17.1. The molecular weight excluding hydrogens is 282 g/mol. The van der Waals surface area contributed by atoms with Gasteiger partial charge in [0.25, 0.3) is 5.69 Å². The second kappa shape index (κ2) is 5.29. The lowest BCUT2D eigenvalue weighted by molar-refractivity contribution is -0.384. The molecule has 1 N–H and O–H groups in total. The summed E-state index contributed by atoms with van der Waals surface area (Å²) in [5.74, 6) is -1.19. The Morgan fingerprint density at radius 1 is 0.955 bits per heavy atom. The van der Waals surface area contributed by atoms with Gasteiger partial charge in [-0.2, -0.15) is 0 Å². The average Bonchev–Trinajstić information content (AvgIpc) is 2.53. The lowest BCUT2D eigenvalue weighted by atomic mass is 9.94. The van der Waals surface area contributed by atoms with Gasteiger partial charge >= 0.3 is 5.97 Å². The molecule has 22 heavy (non-hydrogen) atoms. The number of nitrogens with zero attached hydrogens (tertiary/aromatic N) is 1.